The number of carbonyl (C=O) groups is 2. The second-order valence-electron chi connectivity index (χ2n) is 18.0. The van der Waals surface area contributed by atoms with E-state index in [0.717, 1.165) is 49.8 Å². The Balaban J connectivity index is 0.000000157. The summed E-state index contributed by atoms with van der Waals surface area (Å²) in [4.78, 5) is 25.1. The zero-order valence-corrected chi connectivity index (χ0v) is 31.3. The van der Waals surface area contributed by atoms with Crippen molar-refractivity contribution >= 4 is 11.6 Å². The van der Waals surface area contributed by atoms with Crippen molar-refractivity contribution in [2.75, 3.05) is 6.61 Å². The Bertz CT molecular complexity index is 1810. The summed E-state index contributed by atoms with van der Waals surface area (Å²) >= 11 is 0. The Labute approximate surface area is 306 Å². The van der Waals surface area contributed by atoms with Crippen molar-refractivity contribution in [2.45, 2.75) is 117 Å². The molecule has 7 aliphatic rings. The molecule has 11 atom stereocenters. The lowest BCUT2D eigenvalue weighted by Crippen LogP contribution is -2.50. The number of phenolic OH excluding ortho intramolecular Hbond substituents is 4. The third kappa shape index (κ3) is 4.90. The Hall–Kier alpha value is -3.40. The molecule has 5 fully saturated rings. The molecule has 0 amide bonds. The van der Waals surface area contributed by atoms with E-state index in [1.807, 2.05) is 0 Å². The number of hydrogen-bond acceptors (Lipinski definition) is 9. The summed E-state index contributed by atoms with van der Waals surface area (Å²) in [5.74, 6) is 0.238. The largest absolute Gasteiger partial charge is 0.507 e. The lowest BCUT2D eigenvalue weighted by Gasteiger charge is -2.57. The Morgan fingerprint density at radius 1 is 0.788 bits per heavy atom. The maximum Gasteiger partial charge on any atom is 0.202 e. The quantitative estimate of drug-likeness (QED) is 0.117. The average Bonchev–Trinajstić information content (AvgIpc) is 3.54. The first kappa shape index (κ1) is 35.6. The van der Waals surface area contributed by atoms with Crippen molar-refractivity contribution in [2.24, 2.45) is 46.3 Å². The van der Waals surface area contributed by atoms with Crippen LogP contribution in [0, 0.1) is 60.2 Å². The van der Waals surface area contributed by atoms with Gasteiger partial charge in [-0.3, -0.25) is 9.59 Å². The molecule has 2 saturated heterocycles. The van der Waals surface area contributed by atoms with Gasteiger partial charge in [-0.1, -0.05) is 39.3 Å². The number of hydrogen-bond donors (Lipinski definition) is 5. The smallest absolute Gasteiger partial charge is 0.202 e. The van der Waals surface area contributed by atoms with E-state index in [1.54, 1.807) is 5.57 Å². The van der Waals surface area contributed by atoms with Crippen molar-refractivity contribution in [1.29, 1.82) is 0 Å². The maximum atomic E-state index is 12.6. The van der Waals surface area contributed by atoms with Crippen molar-refractivity contribution in [3.63, 3.8) is 0 Å². The third-order valence-electron chi connectivity index (χ3n) is 15.1. The molecule has 2 aliphatic heterocycles. The molecule has 0 radical (unpaired) electrons. The van der Waals surface area contributed by atoms with Gasteiger partial charge in [0.25, 0.3) is 0 Å². The third-order valence-corrected chi connectivity index (χ3v) is 15.1. The highest BCUT2D eigenvalue weighted by Gasteiger charge is 2.68. The zero-order valence-electron chi connectivity index (χ0n) is 31.3. The normalized spacial score (nSPS) is 40.0. The highest BCUT2D eigenvalue weighted by molar-refractivity contribution is 6.32. The minimum atomic E-state index is -0.825. The fraction of sp³-hybridized carbons (Fsp3) is 0.628. The molecule has 0 aromatic heterocycles. The molecule has 5 aliphatic carbocycles. The minimum Gasteiger partial charge on any atom is -0.507 e. The van der Waals surface area contributed by atoms with E-state index in [2.05, 4.69) is 33.8 Å². The van der Waals surface area contributed by atoms with E-state index in [9.17, 15) is 35.1 Å². The molecule has 11 unspecified atom stereocenters. The summed E-state index contributed by atoms with van der Waals surface area (Å²) in [6, 6.07) is 2.33. The molecule has 9 nitrogen and oxygen atoms in total. The van der Waals surface area contributed by atoms with Gasteiger partial charge < -0.3 is 35.0 Å². The van der Waals surface area contributed by atoms with Crippen molar-refractivity contribution in [1.82, 2.24) is 0 Å². The van der Waals surface area contributed by atoms with E-state index in [1.165, 1.54) is 52.4 Å². The number of rotatable bonds is 0. The molecule has 2 aromatic rings. The summed E-state index contributed by atoms with van der Waals surface area (Å²) in [6.07, 6.45) is 13.6. The lowest BCUT2D eigenvalue weighted by molar-refractivity contribution is -0.272. The zero-order chi connectivity index (χ0) is 37.2. The van der Waals surface area contributed by atoms with Gasteiger partial charge in [0.1, 0.15) is 23.0 Å². The van der Waals surface area contributed by atoms with Gasteiger partial charge >= 0.3 is 0 Å². The van der Waals surface area contributed by atoms with Gasteiger partial charge in [0.05, 0.1) is 41.1 Å². The fourth-order valence-corrected chi connectivity index (χ4v) is 12.3. The first-order valence-electron chi connectivity index (χ1n) is 19.4. The molecular formula is C43H54O9. The molecule has 1 spiro atoms. The first-order chi connectivity index (χ1) is 24.5. The second-order valence-corrected chi connectivity index (χ2v) is 18.0. The molecule has 9 rings (SSSR count). The standard InChI is InChI=1S/C27H42O3.C16H12O6/c1-16-7-12-27(29-15-16)17(2)24-23(30-27)14-22-20-6-5-18-13-19(28)8-10-25(18,3)21(20)9-11-26(22,24)4;1-5-3-7(17)9-11(13(5)19)15(21)10-8(18)4-6(2)14(20)12(10)16(9)22/h9,16-20,22-24,28H,5-8,10-15H2,1-4H3;3-4,17-20H,1-2H3. The molecule has 9 heteroatoms. The van der Waals surface area contributed by atoms with E-state index in [4.69, 9.17) is 9.47 Å². The van der Waals surface area contributed by atoms with Crippen LogP contribution in [0.15, 0.2) is 23.8 Å². The van der Waals surface area contributed by atoms with Crippen LogP contribution >= 0.6 is 0 Å². The van der Waals surface area contributed by atoms with Gasteiger partial charge in [-0.15, -0.1) is 0 Å². The fourth-order valence-electron chi connectivity index (χ4n) is 12.3. The van der Waals surface area contributed by atoms with Crippen LogP contribution in [-0.4, -0.2) is 61.7 Å². The molecular weight excluding hydrogens is 660 g/mol. The van der Waals surface area contributed by atoms with E-state index in [0.29, 0.717) is 40.6 Å². The number of aromatic hydroxyl groups is 4. The summed E-state index contributed by atoms with van der Waals surface area (Å²) in [6.45, 7) is 13.7. The van der Waals surface area contributed by atoms with Crippen molar-refractivity contribution < 1.29 is 44.6 Å². The van der Waals surface area contributed by atoms with Crippen LogP contribution in [0.5, 0.6) is 23.0 Å². The number of aliphatic hydroxyl groups is 1. The first-order valence-corrected chi connectivity index (χ1v) is 19.4. The predicted octanol–water partition coefficient (Wildman–Crippen LogP) is 7.62. The minimum absolute atomic E-state index is 0.0661. The molecule has 3 saturated carbocycles. The van der Waals surface area contributed by atoms with Gasteiger partial charge in [-0.2, -0.15) is 0 Å². The molecule has 5 N–H and O–H groups in total. The Kier molecular flexibility index (Phi) is 8.26. The van der Waals surface area contributed by atoms with E-state index < -0.39 is 34.6 Å². The van der Waals surface area contributed by atoms with Crippen molar-refractivity contribution in [3.8, 4) is 23.0 Å². The van der Waals surface area contributed by atoms with E-state index in [-0.39, 0.29) is 45.3 Å². The van der Waals surface area contributed by atoms with Crippen LogP contribution in [-0.2, 0) is 9.47 Å². The van der Waals surface area contributed by atoms with Gasteiger partial charge in [0.2, 0.25) is 11.6 Å². The summed E-state index contributed by atoms with van der Waals surface area (Å²) in [7, 11) is 0. The number of phenols is 4. The topological polar surface area (TPSA) is 154 Å². The second kappa shape index (κ2) is 12.1. The van der Waals surface area contributed by atoms with Crippen LogP contribution < -0.4 is 0 Å². The average molecular weight is 715 g/mol. The summed E-state index contributed by atoms with van der Waals surface area (Å²) < 4.78 is 13.3. The van der Waals surface area contributed by atoms with Crippen LogP contribution in [0.3, 0.4) is 0 Å². The SMILES string of the molecule is CC1CCC2(OC1)OC1CC3C4CCC5CC(O)CCC5(C)C4=CCC3(C)C1C2C.Cc1cc(O)c2c(c1O)C(=O)c1c(O)cc(C)c(O)c1C2=O. The van der Waals surface area contributed by atoms with Crippen molar-refractivity contribution in [3.05, 3.63) is 57.2 Å². The molecule has 280 valence electrons. The number of carbonyl (C=O) groups excluding carboxylic acids is 2. The number of fused-ring (bicyclic) bond motifs is 9. The maximum absolute atomic E-state index is 12.6. The van der Waals surface area contributed by atoms with Gasteiger partial charge in [-0.05, 0) is 129 Å². The van der Waals surface area contributed by atoms with Gasteiger partial charge in [0.15, 0.2) is 5.79 Å². The number of allylic oxidation sites excluding steroid dienone is 2. The van der Waals surface area contributed by atoms with Crippen LogP contribution in [0.25, 0.3) is 0 Å². The number of aryl methyl sites for hydroxylation is 2. The van der Waals surface area contributed by atoms with E-state index >= 15 is 0 Å². The van der Waals surface area contributed by atoms with Crippen LogP contribution in [0.2, 0.25) is 0 Å². The molecule has 2 aromatic carbocycles. The number of ether oxygens (including phenoxy) is 2. The highest BCUT2D eigenvalue weighted by atomic mass is 16.7. The molecule has 52 heavy (non-hydrogen) atoms. The lowest BCUT2D eigenvalue weighted by atomic mass is 9.48. The number of benzene rings is 2. The van der Waals surface area contributed by atoms with Gasteiger partial charge in [-0.25, -0.2) is 0 Å². The Morgan fingerprint density at radius 2 is 1.40 bits per heavy atom. The summed E-state index contributed by atoms with van der Waals surface area (Å²) in [5.41, 5.74) is 1.42. The molecule has 2 heterocycles. The summed E-state index contributed by atoms with van der Waals surface area (Å²) in [5, 5.41) is 50.4. The predicted molar refractivity (Wildman–Crippen MR) is 194 cm³/mol. The molecule has 0 bridgehead atoms. The number of ketones is 2. The highest BCUT2D eigenvalue weighted by Crippen LogP contribution is 2.70. The van der Waals surface area contributed by atoms with Crippen LogP contribution in [0.1, 0.15) is 128 Å². The Morgan fingerprint density at radius 3 is 1.98 bits per heavy atom. The number of aliphatic hydroxyl groups excluding tert-OH is 1. The monoisotopic (exact) mass is 714 g/mol. The van der Waals surface area contributed by atoms with Crippen LogP contribution in [0.4, 0.5) is 0 Å². The van der Waals surface area contributed by atoms with Gasteiger partial charge in [0, 0.05) is 12.3 Å².